The monoisotopic (exact) mass is 690 g/mol. The Morgan fingerprint density at radius 2 is 1.21 bits per heavy atom. The van der Waals surface area contributed by atoms with Crippen LogP contribution >= 0.6 is 0 Å². The highest BCUT2D eigenvalue weighted by Gasteiger charge is 2.37. The summed E-state index contributed by atoms with van der Waals surface area (Å²) >= 11 is 0. The molecule has 0 radical (unpaired) electrons. The molecule has 11 rings (SSSR count). The zero-order valence-corrected chi connectivity index (χ0v) is 28.4. The quantitative estimate of drug-likeness (QED) is 0.184. The first-order chi connectivity index (χ1) is 30.2. The van der Waals surface area contributed by atoms with Crippen molar-refractivity contribution in [2.45, 2.75) is 19.3 Å². The molecule has 0 unspecified atom stereocenters. The number of aromatic nitrogens is 4. The highest BCUT2D eigenvalue weighted by molar-refractivity contribution is 6.17. The molecule has 3 heterocycles. The molecule has 5 nitrogen and oxygen atoms in total. The van der Waals surface area contributed by atoms with Gasteiger partial charge in [-0.25, -0.2) is 15.0 Å². The van der Waals surface area contributed by atoms with Crippen molar-refractivity contribution in [2.24, 2.45) is 0 Å². The van der Waals surface area contributed by atoms with Crippen LogP contribution in [0.25, 0.3) is 94.7 Å². The van der Waals surface area contributed by atoms with Gasteiger partial charge < -0.3 is 8.98 Å². The Morgan fingerprint density at radius 3 is 1.96 bits per heavy atom. The third-order valence-corrected chi connectivity index (χ3v) is 10.4. The van der Waals surface area contributed by atoms with Gasteiger partial charge in [-0.05, 0) is 41.0 Å². The molecule has 1 aliphatic carbocycles. The maximum absolute atomic E-state index is 8.70. The highest BCUT2D eigenvalue weighted by atomic mass is 16.3. The minimum Gasteiger partial charge on any atom is -0.454 e. The number of nitrogens with zero attached hydrogens (tertiary/aromatic N) is 4. The van der Waals surface area contributed by atoms with Crippen LogP contribution in [-0.2, 0) is 5.41 Å². The van der Waals surface area contributed by atoms with E-state index in [9.17, 15) is 0 Å². The van der Waals surface area contributed by atoms with E-state index in [1.54, 1.807) is 12.1 Å². The lowest BCUT2D eigenvalue weighted by Gasteiger charge is -2.21. The molecule has 5 heteroatoms. The van der Waals surface area contributed by atoms with Gasteiger partial charge in [0.25, 0.3) is 0 Å². The van der Waals surface area contributed by atoms with Gasteiger partial charge in [-0.15, -0.1) is 0 Å². The molecule has 250 valence electrons. The van der Waals surface area contributed by atoms with Gasteiger partial charge in [-0.2, -0.15) is 0 Å². The molecule has 0 saturated heterocycles. The van der Waals surface area contributed by atoms with Crippen LogP contribution in [0.15, 0.2) is 162 Å². The fourth-order valence-electron chi connectivity index (χ4n) is 8.04. The largest absolute Gasteiger partial charge is 0.454 e. The van der Waals surface area contributed by atoms with E-state index in [4.69, 9.17) is 18.1 Å². The van der Waals surface area contributed by atoms with Gasteiger partial charge in [-0.1, -0.05) is 147 Å². The summed E-state index contributed by atoms with van der Waals surface area (Å²) < 4.78 is 93.6. The van der Waals surface area contributed by atoms with Gasteiger partial charge in [0.15, 0.2) is 23.1 Å². The third kappa shape index (κ3) is 4.34. The zero-order chi connectivity index (χ0) is 44.0. The number of rotatable bonds is 4. The molecule has 0 bridgehead atoms. The lowest BCUT2D eigenvalue weighted by molar-refractivity contribution is 0.660. The minimum absolute atomic E-state index is 0.0459. The Labute approximate surface area is 319 Å². The average molecular weight is 691 g/mol. The summed E-state index contributed by atoms with van der Waals surface area (Å²) in [7, 11) is 0. The first kappa shape index (κ1) is 21.5. The van der Waals surface area contributed by atoms with Crippen LogP contribution in [0.1, 0.15) is 38.7 Å². The fourth-order valence-corrected chi connectivity index (χ4v) is 8.04. The SMILES string of the molecule is [2H]c1c([2H])c([2H])c(-c2nc(-c3ccc4c(c3)oc3c(-n5c6ccccc6c6ccc7c(c65)-c5ccccc5C7(C)C)cccc34)nc(-c3c([2H])c([2H])c([2H])c([2H])c3[2H])n2)c([2H])c1[2H]. The van der Waals surface area contributed by atoms with Crippen molar-refractivity contribution in [3.8, 4) is 51.0 Å². The van der Waals surface area contributed by atoms with Crippen LogP contribution in [0, 0.1) is 0 Å². The fraction of sp³-hybridized carbons (Fsp3) is 0.0625. The van der Waals surface area contributed by atoms with E-state index in [0.29, 0.717) is 16.7 Å². The zero-order valence-electron chi connectivity index (χ0n) is 38.4. The van der Waals surface area contributed by atoms with E-state index < -0.39 is 60.4 Å². The van der Waals surface area contributed by atoms with Gasteiger partial charge in [0.05, 0.1) is 30.4 Å². The van der Waals surface area contributed by atoms with Crippen molar-refractivity contribution in [1.82, 2.24) is 19.5 Å². The van der Waals surface area contributed by atoms with Crippen molar-refractivity contribution in [2.75, 3.05) is 0 Å². The van der Waals surface area contributed by atoms with E-state index >= 15 is 0 Å². The molecule has 3 aromatic heterocycles. The molecule has 0 amide bonds. The van der Waals surface area contributed by atoms with E-state index in [2.05, 4.69) is 81.9 Å². The van der Waals surface area contributed by atoms with Crippen molar-refractivity contribution >= 4 is 43.7 Å². The third-order valence-electron chi connectivity index (χ3n) is 10.4. The van der Waals surface area contributed by atoms with Crippen LogP contribution in [0.3, 0.4) is 0 Å². The second-order valence-electron chi connectivity index (χ2n) is 13.7. The Balaban J connectivity index is 1.16. The predicted molar refractivity (Wildman–Crippen MR) is 215 cm³/mol. The number of hydrogen-bond acceptors (Lipinski definition) is 4. The van der Waals surface area contributed by atoms with Crippen LogP contribution in [0.5, 0.6) is 0 Å². The van der Waals surface area contributed by atoms with Crippen molar-refractivity contribution < 1.29 is 18.1 Å². The van der Waals surface area contributed by atoms with Crippen LogP contribution in [-0.4, -0.2) is 19.5 Å². The summed E-state index contributed by atoms with van der Waals surface area (Å²) in [5.41, 5.74) is 8.39. The molecule has 0 aliphatic heterocycles. The summed E-state index contributed by atoms with van der Waals surface area (Å²) in [5.74, 6) is -0.723. The molecule has 10 aromatic rings. The summed E-state index contributed by atoms with van der Waals surface area (Å²) in [4.78, 5) is 13.6. The van der Waals surface area contributed by atoms with Gasteiger partial charge >= 0.3 is 0 Å². The molecule has 0 fully saturated rings. The van der Waals surface area contributed by atoms with Gasteiger partial charge in [0.1, 0.15) is 5.58 Å². The normalized spacial score (nSPS) is 15.9. The number of fused-ring (bicyclic) bond motifs is 10. The maximum Gasteiger partial charge on any atom is 0.164 e. The Kier molecular flexibility index (Phi) is 4.49. The van der Waals surface area contributed by atoms with E-state index in [0.717, 1.165) is 38.3 Å². The van der Waals surface area contributed by atoms with E-state index in [-0.39, 0.29) is 34.0 Å². The van der Waals surface area contributed by atoms with Gasteiger partial charge in [0, 0.05) is 49.2 Å². The highest BCUT2D eigenvalue weighted by Crippen LogP contribution is 2.53. The first-order valence-electron chi connectivity index (χ1n) is 22.2. The Bertz CT molecular complexity index is 3540. The number of para-hydroxylation sites is 2. The van der Waals surface area contributed by atoms with Crippen LogP contribution < -0.4 is 0 Å². The molecular formula is C48H32N4O. The average Bonchev–Trinajstić information content (AvgIpc) is 3.91. The smallest absolute Gasteiger partial charge is 0.164 e. The number of furan rings is 1. The van der Waals surface area contributed by atoms with E-state index in [1.165, 1.54) is 22.3 Å². The maximum atomic E-state index is 8.70. The summed E-state index contributed by atoms with van der Waals surface area (Å²) in [6.07, 6.45) is 0. The summed E-state index contributed by atoms with van der Waals surface area (Å²) in [5, 5.41) is 3.86. The standard InChI is InChI=1S/C48H32N4O/c1-48(2)37-21-11-9-19-36(37)42-38(48)27-26-34-32-18-10-12-22-39(32)52(43(34)42)40-23-13-20-35-33-25-24-31(28-41(33)53-44(35)40)47-50-45(29-14-5-3-6-15-29)49-46(51-47)30-16-7-4-8-17-30/h3-28H,1-2H3/i3D,4D,5D,6D,7D,8D,14D,15D,16D,17D. The second-order valence-corrected chi connectivity index (χ2v) is 13.7. The number of benzene rings is 7. The van der Waals surface area contributed by atoms with Crippen LogP contribution in [0.2, 0.25) is 0 Å². The topological polar surface area (TPSA) is 56.7 Å². The van der Waals surface area contributed by atoms with Crippen LogP contribution in [0.4, 0.5) is 0 Å². The minimum atomic E-state index is -0.613. The van der Waals surface area contributed by atoms with Gasteiger partial charge in [-0.3, -0.25) is 0 Å². The Morgan fingerprint density at radius 1 is 0.566 bits per heavy atom. The van der Waals surface area contributed by atoms with Crippen molar-refractivity contribution in [3.63, 3.8) is 0 Å². The lowest BCUT2D eigenvalue weighted by atomic mass is 9.82. The first-order valence-corrected chi connectivity index (χ1v) is 17.2. The van der Waals surface area contributed by atoms with Crippen molar-refractivity contribution in [1.29, 1.82) is 0 Å². The summed E-state index contributed by atoms with van der Waals surface area (Å²) in [6, 6.07) is 26.8. The van der Waals surface area contributed by atoms with E-state index in [1.807, 2.05) is 36.4 Å². The molecule has 7 aromatic carbocycles. The molecule has 0 N–H and O–H groups in total. The lowest BCUT2D eigenvalue weighted by Crippen LogP contribution is -2.14. The number of hydrogen-bond donors (Lipinski definition) is 0. The molecule has 53 heavy (non-hydrogen) atoms. The molecule has 0 atom stereocenters. The molecule has 1 aliphatic rings. The molecule has 0 saturated carbocycles. The second kappa shape index (κ2) is 11.1. The van der Waals surface area contributed by atoms with Gasteiger partial charge in [0.2, 0.25) is 0 Å². The predicted octanol–water partition coefficient (Wildman–Crippen LogP) is 12.2. The Hall–Kier alpha value is -6.85. The molecule has 0 spiro atoms. The summed E-state index contributed by atoms with van der Waals surface area (Å²) in [6.45, 7) is 4.53. The molecular weight excluding hydrogens is 649 g/mol. The van der Waals surface area contributed by atoms with Crippen molar-refractivity contribution in [3.05, 3.63) is 169 Å².